The monoisotopic (exact) mass is 259 g/mol. The summed E-state index contributed by atoms with van der Waals surface area (Å²) in [6.07, 6.45) is 3.06. The van der Waals surface area contributed by atoms with Crippen LogP contribution in [0.3, 0.4) is 0 Å². The highest BCUT2D eigenvalue weighted by Gasteiger charge is 2.18. The van der Waals surface area contributed by atoms with Crippen LogP contribution in [0.5, 0.6) is 0 Å². The van der Waals surface area contributed by atoms with Gasteiger partial charge in [-0.1, -0.05) is 13.3 Å². The predicted octanol–water partition coefficient (Wildman–Crippen LogP) is 0.881. The lowest BCUT2D eigenvalue weighted by atomic mass is 10.2. The van der Waals surface area contributed by atoms with E-state index in [-0.39, 0.29) is 0 Å². The summed E-state index contributed by atoms with van der Waals surface area (Å²) in [7, 11) is 4.00. The Bertz CT molecular complexity index is 257. The summed E-state index contributed by atoms with van der Waals surface area (Å²) >= 11 is 0. The Balaban J connectivity index is 3.71. The maximum absolute atomic E-state index is 11.4. The second-order valence-electron chi connectivity index (χ2n) is 4.59. The van der Waals surface area contributed by atoms with Gasteiger partial charge in [-0.2, -0.15) is 0 Å². The van der Waals surface area contributed by atoms with Crippen LogP contribution in [-0.2, 0) is 4.79 Å². The van der Waals surface area contributed by atoms with Crippen molar-refractivity contribution in [3.05, 3.63) is 0 Å². The van der Waals surface area contributed by atoms with Gasteiger partial charge >= 0.3 is 12.0 Å². The van der Waals surface area contributed by atoms with Gasteiger partial charge in [0.05, 0.1) is 0 Å². The number of carboxylic acid groups (broad SMARTS) is 1. The van der Waals surface area contributed by atoms with Crippen LogP contribution >= 0.6 is 0 Å². The SMILES string of the molecule is CCCC(NC(=O)NCCCCN(C)C)C(=O)O. The van der Waals surface area contributed by atoms with Gasteiger partial charge in [-0.3, -0.25) is 0 Å². The molecule has 2 amide bonds. The molecule has 0 fully saturated rings. The molecule has 0 aliphatic heterocycles. The molecule has 0 aliphatic carbocycles. The summed E-state index contributed by atoms with van der Waals surface area (Å²) in [5.41, 5.74) is 0. The average molecular weight is 259 g/mol. The first-order chi connectivity index (χ1) is 8.47. The molecule has 0 spiro atoms. The van der Waals surface area contributed by atoms with Crippen molar-refractivity contribution in [2.75, 3.05) is 27.2 Å². The molecule has 106 valence electrons. The number of hydrogen-bond acceptors (Lipinski definition) is 3. The molecule has 0 aromatic carbocycles. The van der Waals surface area contributed by atoms with Crippen LogP contribution in [0.25, 0.3) is 0 Å². The number of rotatable bonds is 9. The van der Waals surface area contributed by atoms with E-state index < -0.39 is 18.0 Å². The van der Waals surface area contributed by atoms with E-state index in [4.69, 9.17) is 5.11 Å². The van der Waals surface area contributed by atoms with Gasteiger partial charge in [0.1, 0.15) is 6.04 Å². The van der Waals surface area contributed by atoms with Crippen LogP contribution in [-0.4, -0.2) is 55.2 Å². The fraction of sp³-hybridized carbons (Fsp3) is 0.833. The summed E-state index contributed by atoms with van der Waals surface area (Å²) in [5, 5.41) is 14.0. The van der Waals surface area contributed by atoms with E-state index in [2.05, 4.69) is 15.5 Å². The van der Waals surface area contributed by atoms with Crippen LogP contribution in [0.4, 0.5) is 4.79 Å². The Kier molecular flexibility index (Phi) is 9.00. The van der Waals surface area contributed by atoms with Crippen LogP contribution in [0.15, 0.2) is 0 Å². The Morgan fingerprint density at radius 3 is 2.44 bits per heavy atom. The molecule has 0 aromatic rings. The molecule has 0 bridgehead atoms. The zero-order valence-electron chi connectivity index (χ0n) is 11.5. The summed E-state index contributed by atoms with van der Waals surface area (Å²) in [4.78, 5) is 24.3. The summed E-state index contributed by atoms with van der Waals surface area (Å²) < 4.78 is 0. The van der Waals surface area contributed by atoms with Crippen molar-refractivity contribution < 1.29 is 14.7 Å². The zero-order chi connectivity index (χ0) is 14.0. The highest BCUT2D eigenvalue weighted by atomic mass is 16.4. The molecule has 0 saturated heterocycles. The smallest absolute Gasteiger partial charge is 0.326 e. The first kappa shape index (κ1) is 16.7. The number of urea groups is 1. The van der Waals surface area contributed by atoms with Crippen molar-refractivity contribution in [2.24, 2.45) is 0 Å². The Labute approximate surface area is 109 Å². The second-order valence-corrected chi connectivity index (χ2v) is 4.59. The second kappa shape index (κ2) is 9.70. The van der Waals surface area contributed by atoms with E-state index in [0.29, 0.717) is 13.0 Å². The number of nitrogens with one attached hydrogen (secondary N) is 2. The number of aliphatic carboxylic acids is 1. The lowest BCUT2D eigenvalue weighted by molar-refractivity contribution is -0.139. The number of carboxylic acids is 1. The van der Waals surface area contributed by atoms with Crippen LogP contribution in [0.1, 0.15) is 32.6 Å². The van der Waals surface area contributed by atoms with Gasteiger partial charge < -0.3 is 20.6 Å². The lowest BCUT2D eigenvalue weighted by Crippen LogP contribution is -2.46. The lowest BCUT2D eigenvalue weighted by Gasteiger charge is -2.14. The molecule has 0 heterocycles. The number of nitrogens with zero attached hydrogens (tertiary/aromatic N) is 1. The van der Waals surface area contributed by atoms with Crippen LogP contribution < -0.4 is 10.6 Å². The minimum atomic E-state index is -0.986. The minimum absolute atomic E-state index is 0.402. The topological polar surface area (TPSA) is 81.7 Å². The molecule has 0 aromatic heterocycles. The number of carbonyl (C=O) groups is 2. The number of unbranched alkanes of at least 4 members (excludes halogenated alkanes) is 1. The van der Waals surface area contributed by atoms with Crippen molar-refractivity contribution in [1.29, 1.82) is 0 Å². The molecule has 6 nitrogen and oxygen atoms in total. The van der Waals surface area contributed by atoms with E-state index in [9.17, 15) is 9.59 Å². The van der Waals surface area contributed by atoms with Crippen molar-refractivity contribution in [3.63, 3.8) is 0 Å². The molecule has 0 rings (SSSR count). The predicted molar refractivity (Wildman–Crippen MR) is 70.7 cm³/mol. The van der Waals surface area contributed by atoms with Crippen molar-refractivity contribution in [1.82, 2.24) is 15.5 Å². The third-order valence-electron chi connectivity index (χ3n) is 2.50. The average Bonchev–Trinajstić information content (AvgIpc) is 2.27. The van der Waals surface area contributed by atoms with Gasteiger partial charge in [0.25, 0.3) is 0 Å². The van der Waals surface area contributed by atoms with E-state index >= 15 is 0 Å². The molecular weight excluding hydrogens is 234 g/mol. The molecule has 3 N–H and O–H groups in total. The molecule has 1 atom stereocenters. The molecule has 1 unspecified atom stereocenters. The van der Waals surface area contributed by atoms with E-state index in [0.717, 1.165) is 25.8 Å². The third kappa shape index (κ3) is 8.81. The van der Waals surface area contributed by atoms with Gasteiger partial charge in [-0.05, 0) is 39.9 Å². The van der Waals surface area contributed by atoms with E-state index in [1.807, 2.05) is 21.0 Å². The molecule has 0 aliphatic rings. The quantitative estimate of drug-likeness (QED) is 0.537. The number of carbonyl (C=O) groups excluding carboxylic acids is 1. The molecule has 18 heavy (non-hydrogen) atoms. The van der Waals surface area contributed by atoms with Gasteiger partial charge in [0, 0.05) is 6.54 Å². The molecule has 6 heteroatoms. The fourth-order valence-electron chi connectivity index (χ4n) is 1.51. The van der Waals surface area contributed by atoms with E-state index in [1.165, 1.54) is 0 Å². The van der Waals surface area contributed by atoms with Crippen molar-refractivity contribution in [3.8, 4) is 0 Å². The summed E-state index contributed by atoms with van der Waals surface area (Å²) in [5.74, 6) is -0.986. The van der Waals surface area contributed by atoms with E-state index in [1.54, 1.807) is 0 Å². The maximum atomic E-state index is 11.4. The first-order valence-corrected chi connectivity index (χ1v) is 6.39. The highest BCUT2D eigenvalue weighted by Crippen LogP contribution is 1.96. The van der Waals surface area contributed by atoms with Gasteiger partial charge in [0.15, 0.2) is 0 Å². The number of amides is 2. The zero-order valence-corrected chi connectivity index (χ0v) is 11.5. The minimum Gasteiger partial charge on any atom is -0.480 e. The Morgan fingerprint density at radius 2 is 1.94 bits per heavy atom. The van der Waals surface area contributed by atoms with Gasteiger partial charge in [-0.25, -0.2) is 9.59 Å². The van der Waals surface area contributed by atoms with Gasteiger partial charge in [0.2, 0.25) is 0 Å². The standard InChI is InChI=1S/C12H25N3O3/c1-4-7-10(11(16)17)14-12(18)13-8-5-6-9-15(2)3/h10H,4-9H2,1-3H3,(H,16,17)(H2,13,14,18). The molecule has 0 radical (unpaired) electrons. The third-order valence-corrected chi connectivity index (χ3v) is 2.50. The van der Waals surface area contributed by atoms with Gasteiger partial charge in [-0.15, -0.1) is 0 Å². The summed E-state index contributed by atoms with van der Waals surface area (Å²) in [6.45, 7) is 3.44. The molecular formula is C12H25N3O3. The largest absolute Gasteiger partial charge is 0.480 e. The maximum Gasteiger partial charge on any atom is 0.326 e. The highest BCUT2D eigenvalue weighted by molar-refractivity contribution is 5.82. The van der Waals surface area contributed by atoms with Crippen molar-refractivity contribution >= 4 is 12.0 Å². The Morgan fingerprint density at radius 1 is 1.28 bits per heavy atom. The Hall–Kier alpha value is -1.30. The normalized spacial score (nSPS) is 12.2. The fourth-order valence-corrected chi connectivity index (χ4v) is 1.51. The van der Waals surface area contributed by atoms with Crippen molar-refractivity contribution in [2.45, 2.75) is 38.6 Å². The first-order valence-electron chi connectivity index (χ1n) is 6.39. The van der Waals surface area contributed by atoms with Crippen LogP contribution in [0, 0.1) is 0 Å². The molecule has 0 saturated carbocycles. The summed E-state index contributed by atoms with van der Waals surface area (Å²) in [6, 6.07) is -1.20. The number of hydrogen-bond donors (Lipinski definition) is 3. The van der Waals surface area contributed by atoms with Crippen LogP contribution in [0.2, 0.25) is 0 Å².